The van der Waals surface area contributed by atoms with Crippen LogP contribution >= 0.6 is 35.6 Å². The van der Waals surface area contributed by atoms with Crippen LogP contribution in [0.4, 0.5) is 5.69 Å². The average Bonchev–Trinajstić information content (AvgIpc) is 3.34. The molecule has 166 valence electrons. The fraction of sp³-hybridized carbons (Fsp3) is 0.0455. The number of furan rings is 1. The summed E-state index contributed by atoms with van der Waals surface area (Å²) in [5.41, 5.74) is 0.728. The van der Waals surface area contributed by atoms with Gasteiger partial charge in [0.05, 0.1) is 14.9 Å². The highest BCUT2D eigenvalue weighted by molar-refractivity contribution is 8.26. The van der Waals surface area contributed by atoms with Gasteiger partial charge >= 0.3 is 5.97 Å². The third kappa shape index (κ3) is 4.54. The van der Waals surface area contributed by atoms with E-state index in [9.17, 15) is 24.8 Å². The third-order valence-electron chi connectivity index (χ3n) is 4.76. The molecule has 1 aliphatic heterocycles. The molecular weight excluding hydrogens is 488 g/mol. The molecule has 1 atom stereocenters. The number of thiocarbonyl (C=S) groups is 1. The Morgan fingerprint density at radius 1 is 1.21 bits per heavy atom. The number of carboxylic acid groups (broad SMARTS) is 1. The lowest BCUT2D eigenvalue weighted by atomic mass is 10.1. The van der Waals surface area contributed by atoms with Gasteiger partial charge in [0.25, 0.3) is 11.6 Å². The van der Waals surface area contributed by atoms with Crippen LogP contribution in [0.1, 0.15) is 17.4 Å². The van der Waals surface area contributed by atoms with Crippen molar-refractivity contribution in [2.24, 2.45) is 0 Å². The number of benzene rings is 2. The summed E-state index contributed by atoms with van der Waals surface area (Å²) < 4.78 is 5.87. The second kappa shape index (κ2) is 9.18. The Morgan fingerprint density at radius 2 is 1.94 bits per heavy atom. The van der Waals surface area contributed by atoms with Gasteiger partial charge in [-0.1, -0.05) is 65.9 Å². The molecule has 0 spiro atoms. The van der Waals surface area contributed by atoms with E-state index in [0.717, 1.165) is 16.7 Å². The molecule has 11 heteroatoms. The predicted molar refractivity (Wildman–Crippen MR) is 128 cm³/mol. The highest BCUT2D eigenvalue weighted by atomic mass is 35.5. The molecule has 0 radical (unpaired) electrons. The first kappa shape index (κ1) is 22.7. The first-order valence-corrected chi connectivity index (χ1v) is 11.0. The van der Waals surface area contributed by atoms with E-state index in [4.69, 9.17) is 28.2 Å². The van der Waals surface area contributed by atoms with Gasteiger partial charge < -0.3 is 9.52 Å². The van der Waals surface area contributed by atoms with Crippen molar-refractivity contribution in [3.8, 4) is 11.3 Å². The number of nitro benzene ring substituents is 1. The zero-order chi connectivity index (χ0) is 23.7. The Balaban J connectivity index is 1.62. The number of thioether (sulfide) groups is 1. The van der Waals surface area contributed by atoms with E-state index in [1.165, 1.54) is 24.3 Å². The van der Waals surface area contributed by atoms with Crippen LogP contribution in [0.15, 0.2) is 70.0 Å². The van der Waals surface area contributed by atoms with Crippen molar-refractivity contribution in [1.29, 1.82) is 0 Å². The minimum absolute atomic E-state index is 0.118. The Bertz CT molecular complexity index is 1320. The molecule has 0 bridgehead atoms. The van der Waals surface area contributed by atoms with E-state index in [1.807, 2.05) is 0 Å². The number of rotatable bonds is 6. The molecule has 1 saturated heterocycles. The fourth-order valence-corrected chi connectivity index (χ4v) is 4.82. The SMILES string of the molecule is O=C(O)[C@H](c1ccccc1)N1C(=O)/C(=C/c2ccc(-c3ccc([N+](=O)[O-])cc3Cl)o2)SC1=S. The van der Waals surface area contributed by atoms with Crippen LogP contribution < -0.4 is 0 Å². The molecule has 0 saturated carbocycles. The normalized spacial score (nSPS) is 15.8. The van der Waals surface area contributed by atoms with Gasteiger partial charge in [0.1, 0.15) is 15.8 Å². The molecule has 0 unspecified atom stereocenters. The topological polar surface area (TPSA) is 114 Å². The number of carbonyl (C=O) groups excluding carboxylic acids is 1. The lowest BCUT2D eigenvalue weighted by molar-refractivity contribution is -0.384. The number of halogens is 1. The molecule has 2 heterocycles. The average molecular weight is 501 g/mol. The minimum Gasteiger partial charge on any atom is -0.479 e. The van der Waals surface area contributed by atoms with E-state index in [1.54, 1.807) is 42.5 Å². The zero-order valence-electron chi connectivity index (χ0n) is 16.5. The zero-order valence-corrected chi connectivity index (χ0v) is 18.9. The predicted octanol–water partition coefficient (Wildman–Crippen LogP) is 5.54. The smallest absolute Gasteiger partial charge is 0.331 e. The molecule has 1 fully saturated rings. The molecule has 2 aromatic carbocycles. The van der Waals surface area contributed by atoms with Crippen molar-refractivity contribution in [2.75, 3.05) is 0 Å². The monoisotopic (exact) mass is 500 g/mol. The molecule has 3 aromatic rings. The first-order chi connectivity index (χ1) is 15.8. The van der Waals surface area contributed by atoms with Crippen LogP contribution in [-0.4, -0.2) is 31.1 Å². The van der Waals surface area contributed by atoms with Crippen LogP contribution in [0, 0.1) is 10.1 Å². The number of non-ortho nitro benzene ring substituents is 1. The van der Waals surface area contributed by atoms with Crippen LogP contribution in [0.25, 0.3) is 17.4 Å². The lowest BCUT2D eigenvalue weighted by Gasteiger charge is -2.23. The summed E-state index contributed by atoms with van der Waals surface area (Å²) in [5, 5.41) is 20.8. The number of nitrogens with zero attached hydrogens (tertiary/aromatic N) is 2. The van der Waals surface area contributed by atoms with Crippen molar-refractivity contribution in [3.63, 3.8) is 0 Å². The molecule has 1 aromatic heterocycles. The van der Waals surface area contributed by atoms with Crippen LogP contribution in [0.5, 0.6) is 0 Å². The number of carboxylic acids is 1. The third-order valence-corrected chi connectivity index (χ3v) is 6.40. The number of carbonyl (C=O) groups is 2. The molecular formula is C22H13ClN2O6S2. The summed E-state index contributed by atoms with van der Waals surface area (Å²) in [6.45, 7) is 0. The summed E-state index contributed by atoms with van der Waals surface area (Å²) in [6, 6.07) is 14.3. The molecule has 0 aliphatic carbocycles. The number of nitro groups is 1. The maximum atomic E-state index is 13.0. The maximum Gasteiger partial charge on any atom is 0.331 e. The van der Waals surface area contributed by atoms with E-state index >= 15 is 0 Å². The number of hydrogen-bond acceptors (Lipinski definition) is 7. The van der Waals surface area contributed by atoms with Crippen molar-refractivity contribution < 1.29 is 24.0 Å². The molecule has 8 nitrogen and oxygen atoms in total. The largest absolute Gasteiger partial charge is 0.479 e. The van der Waals surface area contributed by atoms with E-state index in [0.29, 0.717) is 22.6 Å². The Morgan fingerprint density at radius 3 is 2.58 bits per heavy atom. The van der Waals surface area contributed by atoms with Gasteiger partial charge in [0, 0.05) is 23.8 Å². The van der Waals surface area contributed by atoms with E-state index in [2.05, 4.69) is 0 Å². The van der Waals surface area contributed by atoms with Crippen molar-refractivity contribution in [2.45, 2.75) is 6.04 Å². The van der Waals surface area contributed by atoms with Gasteiger partial charge in [-0.2, -0.15) is 0 Å². The Labute approximate surface area is 201 Å². The Hall–Kier alpha value is -3.47. The fourth-order valence-electron chi connectivity index (χ4n) is 3.26. The highest BCUT2D eigenvalue weighted by Gasteiger charge is 2.41. The summed E-state index contributed by atoms with van der Waals surface area (Å²) in [5.74, 6) is -1.09. The summed E-state index contributed by atoms with van der Waals surface area (Å²) in [7, 11) is 0. The summed E-state index contributed by atoms with van der Waals surface area (Å²) in [6.07, 6.45) is 1.46. The summed E-state index contributed by atoms with van der Waals surface area (Å²) in [4.78, 5) is 36.6. The number of hydrogen-bond donors (Lipinski definition) is 1. The van der Waals surface area contributed by atoms with Gasteiger partial charge in [0.15, 0.2) is 6.04 Å². The van der Waals surface area contributed by atoms with E-state index < -0.39 is 22.8 Å². The summed E-state index contributed by atoms with van der Waals surface area (Å²) >= 11 is 12.4. The van der Waals surface area contributed by atoms with Gasteiger partial charge in [0.2, 0.25) is 0 Å². The van der Waals surface area contributed by atoms with Crippen LogP contribution in [-0.2, 0) is 9.59 Å². The van der Waals surface area contributed by atoms with Gasteiger partial charge in [-0.15, -0.1) is 0 Å². The minimum atomic E-state index is -1.25. The van der Waals surface area contributed by atoms with Gasteiger partial charge in [-0.25, -0.2) is 4.79 Å². The van der Waals surface area contributed by atoms with E-state index in [-0.39, 0.29) is 19.9 Å². The van der Waals surface area contributed by atoms with Gasteiger partial charge in [-0.3, -0.25) is 19.8 Å². The number of aliphatic carboxylic acids is 1. The Kier molecular flexibility index (Phi) is 6.32. The maximum absolute atomic E-state index is 13.0. The second-order valence-electron chi connectivity index (χ2n) is 6.83. The van der Waals surface area contributed by atoms with Crippen molar-refractivity contribution in [1.82, 2.24) is 4.90 Å². The quantitative estimate of drug-likeness (QED) is 0.203. The lowest BCUT2D eigenvalue weighted by Crippen LogP contribution is -2.37. The molecule has 1 N–H and O–H groups in total. The molecule has 1 aliphatic rings. The molecule has 33 heavy (non-hydrogen) atoms. The highest BCUT2D eigenvalue weighted by Crippen LogP contribution is 2.39. The number of amides is 1. The molecule has 4 rings (SSSR count). The first-order valence-electron chi connectivity index (χ1n) is 9.35. The van der Waals surface area contributed by atoms with Crippen LogP contribution in [0.3, 0.4) is 0 Å². The second-order valence-corrected chi connectivity index (χ2v) is 8.91. The molecule has 1 amide bonds. The van der Waals surface area contributed by atoms with Gasteiger partial charge in [-0.05, 0) is 23.8 Å². The standard InChI is InChI=1S/C22H13ClN2O6S2/c23-16-10-13(25(29)30)6-8-15(16)17-9-7-14(31-17)11-18-20(26)24(22(32)33-18)19(21(27)28)12-4-2-1-3-5-12/h1-11,19H,(H,27,28)/b18-11-/t19-/m0/s1. The van der Waals surface area contributed by atoms with Crippen LogP contribution in [0.2, 0.25) is 5.02 Å². The van der Waals surface area contributed by atoms with Crippen molar-refractivity contribution in [3.05, 3.63) is 92.0 Å². The van der Waals surface area contributed by atoms with Crippen molar-refractivity contribution >= 4 is 63.5 Å².